The molecule has 0 aliphatic heterocycles. The lowest BCUT2D eigenvalue weighted by atomic mass is 10.2. The quantitative estimate of drug-likeness (QED) is 0.301. The summed E-state index contributed by atoms with van der Waals surface area (Å²) in [5.74, 6) is 0. The summed E-state index contributed by atoms with van der Waals surface area (Å²) in [6, 6.07) is 9.57. The van der Waals surface area contributed by atoms with Crippen molar-refractivity contribution in [2.45, 2.75) is 0 Å². The first-order chi connectivity index (χ1) is 5.38. The van der Waals surface area contributed by atoms with Crippen LogP contribution in [-0.4, -0.2) is 16.5 Å². The van der Waals surface area contributed by atoms with Gasteiger partial charge in [-0.05, 0) is 6.26 Å². The van der Waals surface area contributed by atoms with E-state index in [0.29, 0.717) is 5.04 Å². The maximum Gasteiger partial charge on any atom is 0.142 e. The molecule has 0 aromatic heterocycles. The van der Waals surface area contributed by atoms with Crippen molar-refractivity contribution in [3.63, 3.8) is 0 Å². The van der Waals surface area contributed by atoms with Crippen molar-refractivity contribution < 1.29 is 5.21 Å². The van der Waals surface area contributed by atoms with Crippen molar-refractivity contribution in [1.82, 2.24) is 0 Å². The van der Waals surface area contributed by atoms with Crippen LogP contribution >= 0.6 is 11.8 Å². The van der Waals surface area contributed by atoms with Crippen LogP contribution in [-0.2, 0) is 0 Å². The standard InChI is InChI=1S/C8H9NOS/c1-11-8(9-10)7-5-3-2-4-6-7/h2-6,10H,1H3/b9-8-. The summed E-state index contributed by atoms with van der Waals surface area (Å²) in [6.45, 7) is 0. The van der Waals surface area contributed by atoms with Gasteiger partial charge in [-0.3, -0.25) is 0 Å². The minimum absolute atomic E-state index is 0.644. The molecule has 0 saturated carbocycles. The van der Waals surface area contributed by atoms with Crippen LogP contribution in [0.4, 0.5) is 0 Å². The fourth-order valence-corrected chi connectivity index (χ4v) is 1.25. The van der Waals surface area contributed by atoms with Gasteiger partial charge in [-0.25, -0.2) is 0 Å². The van der Waals surface area contributed by atoms with Gasteiger partial charge in [0.05, 0.1) is 0 Å². The Morgan fingerprint density at radius 3 is 2.45 bits per heavy atom. The SMILES string of the molecule is CS/C(=N\O)c1ccccc1. The number of hydrogen-bond acceptors (Lipinski definition) is 3. The van der Waals surface area contributed by atoms with Crippen molar-refractivity contribution in [3.05, 3.63) is 35.9 Å². The summed E-state index contributed by atoms with van der Waals surface area (Å²) in [4.78, 5) is 0. The number of benzene rings is 1. The largest absolute Gasteiger partial charge is 0.410 e. The summed E-state index contributed by atoms with van der Waals surface area (Å²) in [6.07, 6.45) is 1.88. The number of thioether (sulfide) groups is 1. The summed E-state index contributed by atoms with van der Waals surface area (Å²) in [5, 5.41) is 12.3. The zero-order valence-corrected chi connectivity index (χ0v) is 7.01. The molecule has 0 saturated heterocycles. The molecule has 0 radical (unpaired) electrons. The van der Waals surface area contributed by atoms with E-state index < -0.39 is 0 Å². The Morgan fingerprint density at radius 2 is 2.00 bits per heavy atom. The summed E-state index contributed by atoms with van der Waals surface area (Å²) in [5.41, 5.74) is 0.947. The molecule has 58 valence electrons. The molecule has 0 aliphatic rings. The summed E-state index contributed by atoms with van der Waals surface area (Å²) >= 11 is 1.42. The van der Waals surface area contributed by atoms with E-state index in [2.05, 4.69) is 5.16 Å². The highest BCUT2D eigenvalue weighted by atomic mass is 32.2. The van der Waals surface area contributed by atoms with E-state index in [1.54, 1.807) is 0 Å². The first-order valence-electron chi connectivity index (χ1n) is 3.20. The van der Waals surface area contributed by atoms with Crippen LogP contribution in [0.2, 0.25) is 0 Å². The van der Waals surface area contributed by atoms with Gasteiger partial charge in [0.1, 0.15) is 5.04 Å². The van der Waals surface area contributed by atoms with Crippen molar-refractivity contribution in [3.8, 4) is 0 Å². The van der Waals surface area contributed by atoms with Gasteiger partial charge < -0.3 is 5.21 Å². The molecule has 0 heterocycles. The fraction of sp³-hybridized carbons (Fsp3) is 0.125. The topological polar surface area (TPSA) is 32.6 Å². The van der Waals surface area contributed by atoms with Crippen LogP contribution in [0.15, 0.2) is 35.5 Å². The van der Waals surface area contributed by atoms with E-state index >= 15 is 0 Å². The predicted molar refractivity (Wildman–Crippen MR) is 48.3 cm³/mol. The molecule has 0 amide bonds. The number of rotatable bonds is 1. The van der Waals surface area contributed by atoms with Crippen molar-refractivity contribution in [2.75, 3.05) is 6.26 Å². The third-order valence-electron chi connectivity index (χ3n) is 1.30. The van der Waals surface area contributed by atoms with Gasteiger partial charge >= 0.3 is 0 Å². The lowest BCUT2D eigenvalue weighted by Crippen LogP contribution is -1.92. The first-order valence-corrected chi connectivity index (χ1v) is 4.42. The Labute approximate surface area is 69.9 Å². The second kappa shape index (κ2) is 4.03. The minimum Gasteiger partial charge on any atom is -0.410 e. The van der Waals surface area contributed by atoms with Gasteiger partial charge in [-0.1, -0.05) is 35.5 Å². The van der Waals surface area contributed by atoms with E-state index in [9.17, 15) is 0 Å². The summed E-state index contributed by atoms with van der Waals surface area (Å²) in [7, 11) is 0. The lowest BCUT2D eigenvalue weighted by Gasteiger charge is -1.97. The molecule has 11 heavy (non-hydrogen) atoms. The molecule has 1 aromatic rings. The van der Waals surface area contributed by atoms with Gasteiger partial charge in [0.15, 0.2) is 0 Å². The monoisotopic (exact) mass is 167 g/mol. The Balaban J connectivity index is 2.92. The summed E-state index contributed by atoms with van der Waals surface area (Å²) < 4.78 is 0. The Morgan fingerprint density at radius 1 is 1.36 bits per heavy atom. The number of oxime groups is 1. The van der Waals surface area contributed by atoms with Crippen LogP contribution < -0.4 is 0 Å². The van der Waals surface area contributed by atoms with Gasteiger partial charge in [0.25, 0.3) is 0 Å². The van der Waals surface area contributed by atoms with Gasteiger partial charge in [0, 0.05) is 5.56 Å². The van der Waals surface area contributed by atoms with E-state index in [4.69, 9.17) is 5.21 Å². The maximum atomic E-state index is 8.55. The van der Waals surface area contributed by atoms with Crippen molar-refractivity contribution in [2.24, 2.45) is 5.16 Å². The Bertz CT molecular complexity index is 246. The first kappa shape index (κ1) is 8.14. The highest BCUT2D eigenvalue weighted by molar-refractivity contribution is 8.13. The molecule has 0 bridgehead atoms. The van der Waals surface area contributed by atoms with Gasteiger partial charge in [-0.2, -0.15) is 0 Å². The predicted octanol–water partition coefficient (Wildman–Crippen LogP) is 2.19. The molecule has 0 aliphatic carbocycles. The van der Waals surface area contributed by atoms with E-state index in [0.717, 1.165) is 5.56 Å². The molecule has 1 N–H and O–H groups in total. The van der Waals surface area contributed by atoms with Crippen LogP contribution in [0.5, 0.6) is 0 Å². The number of nitrogens with zero attached hydrogens (tertiary/aromatic N) is 1. The van der Waals surface area contributed by atoms with Crippen molar-refractivity contribution >= 4 is 16.8 Å². The van der Waals surface area contributed by atoms with E-state index in [-0.39, 0.29) is 0 Å². The van der Waals surface area contributed by atoms with E-state index in [1.807, 2.05) is 36.6 Å². The Hall–Kier alpha value is -0.960. The molecule has 3 heteroatoms. The maximum absolute atomic E-state index is 8.55. The van der Waals surface area contributed by atoms with Crippen LogP contribution in [0.3, 0.4) is 0 Å². The van der Waals surface area contributed by atoms with E-state index in [1.165, 1.54) is 11.8 Å². The molecular formula is C8H9NOS. The highest BCUT2D eigenvalue weighted by Gasteiger charge is 1.98. The third-order valence-corrected chi connectivity index (χ3v) is 2.01. The zero-order chi connectivity index (χ0) is 8.10. The smallest absolute Gasteiger partial charge is 0.142 e. The van der Waals surface area contributed by atoms with Crippen molar-refractivity contribution in [1.29, 1.82) is 0 Å². The fourth-order valence-electron chi connectivity index (χ4n) is 0.797. The lowest BCUT2D eigenvalue weighted by molar-refractivity contribution is 0.321. The molecule has 2 nitrogen and oxygen atoms in total. The molecule has 0 fully saturated rings. The van der Waals surface area contributed by atoms with Crippen LogP contribution in [0.1, 0.15) is 5.56 Å². The van der Waals surface area contributed by atoms with Gasteiger partial charge in [-0.15, -0.1) is 11.8 Å². The minimum atomic E-state index is 0.644. The molecular weight excluding hydrogens is 158 g/mol. The molecule has 0 spiro atoms. The third kappa shape index (κ3) is 1.98. The Kier molecular flexibility index (Phi) is 2.98. The van der Waals surface area contributed by atoms with Gasteiger partial charge in [0.2, 0.25) is 0 Å². The molecule has 0 unspecified atom stereocenters. The second-order valence-electron chi connectivity index (χ2n) is 1.98. The molecule has 1 aromatic carbocycles. The van der Waals surface area contributed by atoms with Crippen LogP contribution in [0, 0.1) is 0 Å². The second-order valence-corrected chi connectivity index (χ2v) is 2.77. The highest BCUT2D eigenvalue weighted by Crippen LogP contribution is 2.09. The number of hydrogen-bond donors (Lipinski definition) is 1. The average molecular weight is 167 g/mol. The average Bonchev–Trinajstić information content (AvgIpc) is 2.09. The molecule has 1 rings (SSSR count). The van der Waals surface area contributed by atoms with Crippen LogP contribution in [0.25, 0.3) is 0 Å². The zero-order valence-electron chi connectivity index (χ0n) is 6.19. The normalized spacial score (nSPS) is 11.5. The molecule has 0 atom stereocenters.